The van der Waals surface area contributed by atoms with Gasteiger partial charge in [-0.3, -0.25) is 13.9 Å². The van der Waals surface area contributed by atoms with E-state index in [9.17, 15) is 18.3 Å². The van der Waals surface area contributed by atoms with Crippen LogP contribution in [0.1, 0.15) is 0 Å². The van der Waals surface area contributed by atoms with E-state index in [2.05, 4.69) is 4.72 Å². The van der Waals surface area contributed by atoms with E-state index in [1.165, 1.54) is 33.4 Å². The zero-order valence-corrected chi connectivity index (χ0v) is 15.5. The van der Waals surface area contributed by atoms with Crippen molar-refractivity contribution in [2.75, 3.05) is 4.72 Å². The molecule has 0 bridgehead atoms. The number of anilines is 1. The molecule has 1 heterocycles. The Morgan fingerprint density at radius 1 is 0.889 bits per heavy atom. The van der Waals surface area contributed by atoms with Gasteiger partial charge in [0.05, 0.1) is 21.6 Å². The molecular formula is C19H17N3O4S. The van der Waals surface area contributed by atoms with Crippen LogP contribution < -0.4 is 10.4 Å². The standard InChI is InChI=1S/C19H17N3O4S/c1-21-16-9-7-12(11-17(16)22(2)19(21)24)27(25,26)20-15-8-10-18(23)14-6-4-3-5-13(14)15/h3-11,20,23H,1-2H3. The van der Waals surface area contributed by atoms with E-state index < -0.39 is 10.0 Å². The predicted molar refractivity (Wildman–Crippen MR) is 105 cm³/mol. The number of aromatic nitrogens is 2. The zero-order valence-electron chi connectivity index (χ0n) is 14.7. The Bertz CT molecular complexity index is 1370. The Morgan fingerprint density at radius 2 is 1.56 bits per heavy atom. The molecule has 4 rings (SSSR count). The molecule has 27 heavy (non-hydrogen) atoms. The summed E-state index contributed by atoms with van der Waals surface area (Å²) in [5, 5.41) is 11.1. The molecule has 8 heteroatoms. The minimum Gasteiger partial charge on any atom is -0.507 e. The Balaban J connectivity index is 1.83. The maximum Gasteiger partial charge on any atom is 0.328 e. The number of hydrogen-bond donors (Lipinski definition) is 2. The fourth-order valence-corrected chi connectivity index (χ4v) is 4.33. The van der Waals surface area contributed by atoms with Crippen LogP contribution in [0.4, 0.5) is 5.69 Å². The van der Waals surface area contributed by atoms with Gasteiger partial charge in [-0.1, -0.05) is 24.3 Å². The molecule has 0 atom stereocenters. The number of phenols is 1. The smallest absolute Gasteiger partial charge is 0.328 e. The second-order valence-corrected chi connectivity index (χ2v) is 8.02. The highest BCUT2D eigenvalue weighted by Gasteiger charge is 2.18. The lowest BCUT2D eigenvalue weighted by Gasteiger charge is -2.12. The third kappa shape index (κ3) is 2.65. The summed E-state index contributed by atoms with van der Waals surface area (Å²) in [5.74, 6) is 0.0780. The Hall–Kier alpha value is -3.26. The van der Waals surface area contributed by atoms with Gasteiger partial charge in [-0.05, 0) is 30.3 Å². The largest absolute Gasteiger partial charge is 0.507 e. The summed E-state index contributed by atoms with van der Waals surface area (Å²) in [7, 11) is -0.648. The van der Waals surface area contributed by atoms with Crippen LogP contribution in [0.3, 0.4) is 0 Å². The first-order valence-corrected chi connectivity index (χ1v) is 9.67. The first kappa shape index (κ1) is 17.2. The van der Waals surface area contributed by atoms with E-state index in [1.54, 1.807) is 44.4 Å². The van der Waals surface area contributed by atoms with Crippen LogP contribution in [0.5, 0.6) is 5.75 Å². The number of aryl methyl sites for hydroxylation is 2. The van der Waals surface area contributed by atoms with Crippen LogP contribution in [0.15, 0.2) is 64.3 Å². The average Bonchev–Trinajstić information content (AvgIpc) is 2.88. The Labute approximate surface area is 155 Å². The van der Waals surface area contributed by atoms with Gasteiger partial charge in [-0.2, -0.15) is 0 Å². The van der Waals surface area contributed by atoms with Gasteiger partial charge in [-0.25, -0.2) is 13.2 Å². The van der Waals surface area contributed by atoms with Crippen LogP contribution >= 0.6 is 0 Å². The molecule has 2 N–H and O–H groups in total. The minimum atomic E-state index is -3.89. The first-order chi connectivity index (χ1) is 12.8. The van der Waals surface area contributed by atoms with Gasteiger partial charge < -0.3 is 5.11 Å². The van der Waals surface area contributed by atoms with E-state index in [0.29, 0.717) is 27.5 Å². The normalized spacial score (nSPS) is 11.9. The predicted octanol–water partition coefficient (Wildman–Crippen LogP) is 2.54. The van der Waals surface area contributed by atoms with E-state index >= 15 is 0 Å². The molecule has 0 spiro atoms. The van der Waals surface area contributed by atoms with E-state index in [1.807, 2.05) is 0 Å². The maximum absolute atomic E-state index is 12.9. The number of benzene rings is 3. The molecule has 0 saturated heterocycles. The summed E-state index contributed by atoms with van der Waals surface area (Å²) < 4.78 is 31.3. The van der Waals surface area contributed by atoms with Crippen molar-refractivity contribution in [3.63, 3.8) is 0 Å². The number of phenolic OH excluding ortho intramolecular Hbond substituents is 1. The van der Waals surface area contributed by atoms with Crippen LogP contribution in [0.25, 0.3) is 21.8 Å². The highest BCUT2D eigenvalue weighted by Crippen LogP contribution is 2.32. The molecule has 1 aromatic heterocycles. The van der Waals surface area contributed by atoms with Gasteiger partial charge in [0.15, 0.2) is 0 Å². The zero-order chi connectivity index (χ0) is 19.3. The van der Waals surface area contributed by atoms with Crippen molar-refractivity contribution in [3.8, 4) is 5.75 Å². The fourth-order valence-electron chi connectivity index (χ4n) is 3.23. The molecule has 7 nitrogen and oxygen atoms in total. The van der Waals surface area contributed by atoms with Gasteiger partial charge in [0.1, 0.15) is 5.75 Å². The average molecular weight is 383 g/mol. The number of rotatable bonds is 3. The minimum absolute atomic E-state index is 0.0494. The fraction of sp³-hybridized carbons (Fsp3) is 0.105. The molecule has 0 saturated carbocycles. The molecule has 0 aliphatic rings. The second-order valence-electron chi connectivity index (χ2n) is 6.33. The first-order valence-electron chi connectivity index (χ1n) is 8.18. The molecular weight excluding hydrogens is 366 g/mol. The van der Waals surface area contributed by atoms with Gasteiger partial charge in [0.25, 0.3) is 10.0 Å². The SMILES string of the molecule is Cn1c(=O)n(C)c2cc(S(=O)(=O)Nc3ccc(O)c4ccccc34)ccc21. The Morgan fingerprint density at radius 3 is 2.30 bits per heavy atom. The van der Waals surface area contributed by atoms with E-state index in [4.69, 9.17) is 0 Å². The number of sulfonamides is 1. The molecule has 0 aliphatic carbocycles. The topological polar surface area (TPSA) is 93.3 Å². The van der Waals surface area contributed by atoms with Gasteiger partial charge >= 0.3 is 5.69 Å². The monoisotopic (exact) mass is 383 g/mol. The van der Waals surface area contributed by atoms with Crippen LogP contribution in [0, 0.1) is 0 Å². The van der Waals surface area contributed by atoms with Crippen molar-refractivity contribution in [3.05, 3.63) is 65.1 Å². The molecule has 0 amide bonds. The van der Waals surface area contributed by atoms with Gasteiger partial charge in [-0.15, -0.1) is 0 Å². The molecule has 138 valence electrons. The maximum atomic E-state index is 12.9. The van der Waals surface area contributed by atoms with Crippen molar-refractivity contribution in [1.29, 1.82) is 0 Å². The number of hydrogen-bond acceptors (Lipinski definition) is 4. The summed E-state index contributed by atoms with van der Waals surface area (Å²) in [6.45, 7) is 0. The molecule has 0 unspecified atom stereocenters. The summed E-state index contributed by atoms with van der Waals surface area (Å²) in [4.78, 5) is 12.1. The molecule has 0 fully saturated rings. The van der Waals surface area contributed by atoms with Crippen LogP contribution in [0.2, 0.25) is 0 Å². The lowest BCUT2D eigenvalue weighted by molar-refractivity contribution is 0.481. The molecule has 3 aromatic carbocycles. The number of imidazole rings is 1. The van der Waals surface area contributed by atoms with Gasteiger partial charge in [0, 0.05) is 24.9 Å². The van der Waals surface area contributed by atoms with Crippen LogP contribution in [-0.4, -0.2) is 22.7 Å². The number of nitrogens with one attached hydrogen (secondary N) is 1. The van der Waals surface area contributed by atoms with E-state index in [0.717, 1.165) is 0 Å². The summed E-state index contributed by atoms with van der Waals surface area (Å²) in [6.07, 6.45) is 0. The molecule has 0 aliphatic heterocycles. The highest BCUT2D eigenvalue weighted by molar-refractivity contribution is 7.92. The quantitative estimate of drug-likeness (QED) is 0.532. The second kappa shape index (κ2) is 5.88. The van der Waals surface area contributed by atoms with Crippen molar-refractivity contribution in [1.82, 2.24) is 9.13 Å². The Kier molecular flexibility index (Phi) is 3.74. The molecule has 0 radical (unpaired) electrons. The highest BCUT2D eigenvalue weighted by atomic mass is 32.2. The van der Waals surface area contributed by atoms with Crippen molar-refractivity contribution in [2.45, 2.75) is 4.90 Å². The summed E-state index contributed by atoms with van der Waals surface area (Å²) in [6, 6.07) is 14.5. The van der Waals surface area contributed by atoms with Crippen molar-refractivity contribution < 1.29 is 13.5 Å². The van der Waals surface area contributed by atoms with Crippen LogP contribution in [-0.2, 0) is 24.1 Å². The number of nitrogens with zero attached hydrogens (tertiary/aromatic N) is 2. The van der Waals surface area contributed by atoms with Crippen molar-refractivity contribution in [2.24, 2.45) is 14.1 Å². The lowest BCUT2D eigenvalue weighted by Crippen LogP contribution is -2.19. The number of aromatic hydroxyl groups is 1. The summed E-state index contributed by atoms with van der Waals surface area (Å²) >= 11 is 0. The third-order valence-electron chi connectivity index (χ3n) is 4.70. The number of fused-ring (bicyclic) bond motifs is 2. The van der Waals surface area contributed by atoms with Gasteiger partial charge in [0.2, 0.25) is 0 Å². The van der Waals surface area contributed by atoms with E-state index in [-0.39, 0.29) is 16.3 Å². The molecule has 4 aromatic rings. The van der Waals surface area contributed by atoms with Crippen molar-refractivity contribution >= 4 is 37.5 Å². The summed E-state index contributed by atoms with van der Waals surface area (Å²) in [5.41, 5.74) is 1.32. The lowest BCUT2D eigenvalue weighted by atomic mass is 10.1. The third-order valence-corrected chi connectivity index (χ3v) is 6.06.